The molecule has 2 heteroatoms. The molecule has 1 aliphatic rings. The van der Waals surface area contributed by atoms with Gasteiger partial charge in [-0.2, -0.15) is 0 Å². The number of aliphatic hydroxyl groups is 1. The van der Waals surface area contributed by atoms with Crippen molar-refractivity contribution in [2.75, 3.05) is 6.61 Å². The first-order valence-corrected chi connectivity index (χ1v) is 5.84. The van der Waals surface area contributed by atoms with E-state index in [0.717, 1.165) is 0 Å². The summed E-state index contributed by atoms with van der Waals surface area (Å²) in [5.41, 5.74) is 8.53. The number of rotatable bonds is 0. The summed E-state index contributed by atoms with van der Waals surface area (Å²) >= 11 is 0. The third-order valence-electron chi connectivity index (χ3n) is 2.81. The minimum Gasteiger partial charge on any atom is -0.397 e. The number of aliphatic hydroxyl groups excluding tert-OH is 1. The molecule has 0 radical (unpaired) electrons. The Morgan fingerprint density at radius 3 is 2.53 bits per heavy atom. The predicted molar refractivity (Wildman–Crippen MR) is 72.7 cm³/mol. The molecule has 0 amide bonds. The Balaban J connectivity index is 0.000000329. The van der Waals surface area contributed by atoms with Crippen LogP contribution in [-0.4, -0.2) is 11.7 Å². The lowest BCUT2D eigenvalue weighted by Gasteiger charge is -2.17. The zero-order valence-corrected chi connectivity index (χ0v) is 9.93. The minimum absolute atomic E-state index is 0.0496. The largest absolute Gasteiger partial charge is 0.397 e. The van der Waals surface area contributed by atoms with Gasteiger partial charge in [-0.15, -0.1) is 0 Å². The Labute approximate surface area is 101 Å². The van der Waals surface area contributed by atoms with Crippen LogP contribution in [-0.2, 0) is 0 Å². The Bertz CT molecular complexity index is 540. The molecule has 1 unspecified atom stereocenters. The number of hydrogen-bond donors (Lipinski definition) is 2. The molecule has 0 saturated carbocycles. The molecule has 2 nitrogen and oxygen atoms in total. The van der Waals surface area contributed by atoms with Crippen LogP contribution in [0.15, 0.2) is 42.5 Å². The van der Waals surface area contributed by atoms with E-state index in [1.807, 2.05) is 0 Å². The lowest BCUT2D eigenvalue weighted by Crippen LogP contribution is -2.10. The lowest BCUT2D eigenvalue weighted by atomic mass is 9.91. The van der Waals surface area contributed by atoms with E-state index in [4.69, 9.17) is 10.8 Å². The van der Waals surface area contributed by atoms with E-state index in [9.17, 15) is 0 Å². The van der Waals surface area contributed by atoms with Gasteiger partial charge in [0.25, 0.3) is 0 Å². The maximum Gasteiger partial charge on any atom is 0.0490 e. The molecule has 17 heavy (non-hydrogen) atoms. The Morgan fingerprint density at radius 2 is 1.82 bits per heavy atom. The molecule has 0 spiro atoms. The van der Waals surface area contributed by atoms with Crippen molar-refractivity contribution in [3.05, 3.63) is 53.6 Å². The van der Waals surface area contributed by atoms with Crippen molar-refractivity contribution in [3.8, 4) is 0 Å². The van der Waals surface area contributed by atoms with Crippen LogP contribution in [0.2, 0.25) is 0 Å². The smallest absolute Gasteiger partial charge is 0.0490 e. The summed E-state index contributed by atoms with van der Waals surface area (Å²) in [6, 6.07) is 12.7. The Morgan fingerprint density at radius 1 is 1.18 bits per heavy atom. The Hall–Kier alpha value is -1.64. The van der Waals surface area contributed by atoms with Crippen LogP contribution in [0.1, 0.15) is 24.1 Å². The molecule has 0 heterocycles. The number of benzene rings is 2. The van der Waals surface area contributed by atoms with E-state index in [2.05, 4.69) is 48.6 Å². The van der Waals surface area contributed by atoms with Crippen molar-refractivity contribution in [1.82, 2.24) is 0 Å². The summed E-state index contributed by atoms with van der Waals surface area (Å²) in [6.45, 7) is 1.93. The van der Waals surface area contributed by atoms with E-state index in [1.54, 1.807) is 6.92 Å². The average Bonchev–Trinajstić information content (AvgIpc) is 2.35. The van der Waals surface area contributed by atoms with E-state index in [1.165, 1.54) is 21.9 Å². The highest BCUT2D eigenvalue weighted by molar-refractivity contribution is 5.95. The summed E-state index contributed by atoms with van der Waals surface area (Å²) < 4.78 is 0. The first-order valence-electron chi connectivity index (χ1n) is 5.84. The molecule has 0 bridgehead atoms. The van der Waals surface area contributed by atoms with E-state index < -0.39 is 0 Å². The maximum absolute atomic E-state index is 7.57. The van der Waals surface area contributed by atoms with Crippen LogP contribution in [0.5, 0.6) is 0 Å². The fourth-order valence-electron chi connectivity index (χ4n) is 2.13. The molecule has 0 aromatic heterocycles. The van der Waals surface area contributed by atoms with Crippen LogP contribution in [0.4, 0.5) is 0 Å². The normalized spacial score (nSPS) is 16.5. The second-order valence-electron chi connectivity index (χ2n) is 3.99. The molecule has 1 atom stereocenters. The summed E-state index contributed by atoms with van der Waals surface area (Å²) in [6.07, 6.45) is 4.16. The van der Waals surface area contributed by atoms with Gasteiger partial charge in [0.05, 0.1) is 0 Å². The summed E-state index contributed by atoms with van der Waals surface area (Å²) in [7, 11) is 0. The zero-order chi connectivity index (χ0) is 12.3. The van der Waals surface area contributed by atoms with Crippen LogP contribution < -0.4 is 5.73 Å². The van der Waals surface area contributed by atoms with Gasteiger partial charge in [0.15, 0.2) is 0 Å². The molecule has 2 aromatic carbocycles. The lowest BCUT2D eigenvalue weighted by molar-refractivity contribution is 0.318. The van der Waals surface area contributed by atoms with Crippen LogP contribution >= 0.6 is 0 Å². The molecule has 2 aromatic rings. The number of nitrogens with two attached hydrogens (primary N) is 1. The second-order valence-corrected chi connectivity index (χ2v) is 3.99. The quantitative estimate of drug-likeness (QED) is 0.727. The molecular formula is C15H17NO. The van der Waals surface area contributed by atoms with Gasteiger partial charge < -0.3 is 10.8 Å². The summed E-state index contributed by atoms with van der Waals surface area (Å²) in [5, 5.41) is 10.2. The van der Waals surface area contributed by atoms with Gasteiger partial charge in [-0.1, -0.05) is 48.6 Å². The van der Waals surface area contributed by atoms with Crippen molar-refractivity contribution in [2.24, 2.45) is 5.73 Å². The molecule has 1 aliphatic carbocycles. The number of hydrogen-bond acceptors (Lipinski definition) is 2. The van der Waals surface area contributed by atoms with Gasteiger partial charge in [-0.25, -0.2) is 0 Å². The summed E-state index contributed by atoms with van der Waals surface area (Å²) in [4.78, 5) is 0. The standard InChI is InChI=1S/C13H11N.C2H6O/c14-12-8-7-10-4-1-3-9-5-2-6-11(12)13(9)10;1-2-3/h1-8,12H,14H2;3H,2H2,1H3. The third kappa shape index (κ3) is 2.23. The highest BCUT2D eigenvalue weighted by Gasteiger charge is 2.12. The van der Waals surface area contributed by atoms with Crippen LogP contribution in [0.25, 0.3) is 16.8 Å². The van der Waals surface area contributed by atoms with Crippen LogP contribution in [0, 0.1) is 0 Å². The third-order valence-corrected chi connectivity index (χ3v) is 2.81. The highest BCUT2D eigenvalue weighted by Crippen LogP contribution is 2.31. The molecular weight excluding hydrogens is 210 g/mol. The monoisotopic (exact) mass is 227 g/mol. The van der Waals surface area contributed by atoms with Crippen molar-refractivity contribution in [3.63, 3.8) is 0 Å². The van der Waals surface area contributed by atoms with Gasteiger partial charge in [0, 0.05) is 12.6 Å². The van der Waals surface area contributed by atoms with Gasteiger partial charge in [0.1, 0.15) is 0 Å². The van der Waals surface area contributed by atoms with Crippen molar-refractivity contribution in [2.45, 2.75) is 13.0 Å². The van der Waals surface area contributed by atoms with Crippen molar-refractivity contribution >= 4 is 16.8 Å². The Kier molecular flexibility index (Phi) is 3.57. The van der Waals surface area contributed by atoms with E-state index in [0.29, 0.717) is 0 Å². The van der Waals surface area contributed by atoms with Gasteiger partial charge in [-0.3, -0.25) is 0 Å². The van der Waals surface area contributed by atoms with Gasteiger partial charge in [0.2, 0.25) is 0 Å². The van der Waals surface area contributed by atoms with Crippen molar-refractivity contribution < 1.29 is 5.11 Å². The molecule has 3 rings (SSSR count). The first-order chi connectivity index (χ1) is 8.27. The predicted octanol–water partition coefficient (Wildman–Crippen LogP) is 2.87. The maximum atomic E-state index is 7.57. The van der Waals surface area contributed by atoms with Gasteiger partial charge >= 0.3 is 0 Å². The van der Waals surface area contributed by atoms with E-state index >= 15 is 0 Å². The van der Waals surface area contributed by atoms with Crippen molar-refractivity contribution in [1.29, 1.82) is 0 Å². The van der Waals surface area contributed by atoms with Crippen LogP contribution in [0.3, 0.4) is 0 Å². The highest BCUT2D eigenvalue weighted by atomic mass is 16.2. The first kappa shape index (κ1) is 11.8. The molecule has 88 valence electrons. The van der Waals surface area contributed by atoms with Gasteiger partial charge in [-0.05, 0) is 28.8 Å². The van der Waals surface area contributed by atoms with E-state index in [-0.39, 0.29) is 12.6 Å². The molecule has 3 N–H and O–H groups in total. The average molecular weight is 227 g/mol. The SMILES string of the molecule is CCO.NC1C=Cc2cccc3cccc1c23. The molecule has 0 fully saturated rings. The minimum atomic E-state index is 0.0496. The topological polar surface area (TPSA) is 46.2 Å². The molecule has 0 saturated heterocycles. The summed E-state index contributed by atoms with van der Waals surface area (Å²) in [5.74, 6) is 0. The second kappa shape index (κ2) is 5.13. The zero-order valence-electron chi connectivity index (χ0n) is 9.93. The fourth-order valence-corrected chi connectivity index (χ4v) is 2.13. The fraction of sp³-hybridized carbons (Fsp3) is 0.200. The molecule has 0 aliphatic heterocycles.